The zero-order valence-electron chi connectivity index (χ0n) is 11.3. The Balaban J connectivity index is 2.24. The molecule has 18 heavy (non-hydrogen) atoms. The molecular weight excluding hydrogens is 288 g/mol. The lowest BCUT2D eigenvalue weighted by Crippen LogP contribution is -2.41. The highest BCUT2D eigenvalue weighted by atomic mass is 79.9. The molecule has 0 aliphatic carbocycles. The smallest absolute Gasteiger partial charge is 0.0388 e. The Morgan fingerprint density at radius 2 is 2.06 bits per heavy atom. The van der Waals surface area contributed by atoms with Crippen molar-refractivity contribution in [2.24, 2.45) is 5.92 Å². The summed E-state index contributed by atoms with van der Waals surface area (Å²) in [7, 11) is 2.06. The largest absolute Gasteiger partial charge is 0.319 e. The van der Waals surface area contributed by atoms with E-state index in [0.29, 0.717) is 6.04 Å². The molecule has 3 heteroatoms. The Bertz CT molecular complexity index is 361. The van der Waals surface area contributed by atoms with Crippen molar-refractivity contribution in [2.75, 3.05) is 26.7 Å². The summed E-state index contributed by atoms with van der Waals surface area (Å²) in [5.41, 5.74) is 1.46. The summed E-state index contributed by atoms with van der Waals surface area (Å²) < 4.78 is 1.16. The van der Waals surface area contributed by atoms with Crippen LogP contribution in [0.1, 0.15) is 31.4 Å². The Kier molecular flexibility index (Phi) is 5.22. The van der Waals surface area contributed by atoms with Crippen LogP contribution in [-0.4, -0.2) is 31.6 Å². The summed E-state index contributed by atoms with van der Waals surface area (Å²) in [4.78, 5) is 2.62. The summed E-state index contributed by atoms with van der Waals surface area (Å²) in [6.07, 6.45) is 2.66. The highest BCUT2D eigenvalue weighted by molar-refractivity contribution is 9.10. The Hall–Kier alpha value is -0.380. The topological polar surface area (TPSA) is 15.3 Å². The molecule has 1 aliphatic rings. The minimum absolute atomic E-state index is 0.573. The van der Waals surface area contributed by atoms with E-state index in [9.17, 15) is 0 Å². The van der Waals surface area contributed by atoms with Crippen LogP contribution in [0.25, 0.3) is 0 Å². The van der Waals surface area contributed by atoms with E-state index in [-0.39, 0.29) is 0 Å². The number of piperidine rings is 1. The lowest BCUT2D eigenvalue weighted by atomic mass is 9.84. The molecule has 0 spiro atoms. The molecule has 2 unspecified atom stereocenters. The molecule has 2 nitrogen and oxygen atoms in total. The summed E-state index contributed by atoms with van der Waals surface area (Å²) in [6.45, 7) is 5.75. The second-order valence-electron chi connectivity index (χ2n) is 5.08. The number of hydrogen-bond donors (Lipinski definition) is 1. The maximum atomic E-state index is 3.52. The second-order valence-corrected chi connectivity index (χ2v) is 6.00. The van der Waals surface area contributed by atoms with E-state index < -0.39 is 0 Å². The molecule has 2 atom stereocenters. The van der Waals surface area contributed by atoms with Gasteiger partial charge in [-0.15, -0.1) is 0 Å². The van der Waals surface area contributed by atoms with Gasteiger partial charge >= 0.3 is 0 Å². The number of halogens is 1. The molecule has 0 bridgehead atoms. The predicted octanol–water partition coefficient (Wildman–Crippen LogP) is 3.44. The first-order valence-corrected chi connectivity index (χ1v) is 7.69. The first-order chi connectivity index (χ1) is 8.76. The molecule has 1 N–H and O–H groups in total. The first kappa shape index (κ1) is 14.0. The van der Waals surface area contributed by atoms with E-state index >= 15 is 0 Å². The van der Waals surface area contributed by atoms with E-state index in [0.717, 1.165) is 23.5 Å². The quantitative estimate of drug-likeness (QED) is 0.916. The van der Waals surface area contributed by atoms with Crippen molar-refractivity contribution in [1.29, 1.82) is 0 Å². The third-order valence-electron chi connectivity index (χ3n) is 3.94. The summed E-state index contributed by atoms with van der Waals surface area (Å²) in [6, 6.07) is 9.43. The Labute approximate surface area is 119 Å². The summed E-state index contributed by atoms with van der Waals surface area (Å²) in [5.74, 6) is 0.727. The van der Waals surface area contributed by atoms with E-state index in [2.05, 4.69) is 64.4 Å². The number of benzene rings is 1. The van der Waals surface area contributed by atoms with Crippen LogP contribution >= 0.6 is 15.9 Å². The minimum atomic E-state index is 0.573. The minimum Gasteiger partial charge on any atom is -0.319 e. The Morgan fingerprint density at radius 3 is 2.67 bits per heavy atom. The van der Waals surface area contributed by atoms with Gasteiger partial charge in [0, 0.05) is 10.5 Å². The van der Waals surface area contributed by atoms with Crippen molar-refractivity contribution < 1.29 is 0 Å². The molecular formula is C15H23BrN2. The van der Waals surface area contributed by atoms with Gasteiger partial charge in [-0.25, -0.2) is 0 Å². The van der Waals surface area contributed by atoms with Crippen molar-refractivity contribution >= 4 is 15.9 Å². The SMILES string of the molecule is CCN1CCCC(CNC)C1c1ccc(Br)cc1. The third kappa shape index (κ3) is 3.14. The first-order valence-electron chi connectivity index (χ1n) is 6.90. The number of likely N-dealkylation sites (tertiary alicyclic amines) is 1. The molecule has 1 heterocycles. The van der Waals surface area contributed by atoms with Crippen molar-refractivity contribution in [3.8, 4) is 0 Å². The fourth-order valence-electron chi connectivity index (χ4n) is 3.13. The molecule has 1 fully saturated rings. The van der Waals surface area contributed by atoms with Crippen molar-refractivity contribution in [3.05, 3.63) is 34.3 Å². The van der Waals surface area contributed by atoms with Gasteiger partial charge in [0.15, 0.2) is 0 Å². The molecule has 0 amide bonds. The van der Waals surface area contributed by atoms with Crippen LogP contribution in [0.2, 0.25) is 0 Å². The van der Waals surface area contributed by atoms with Crippen LogP contribution in [0, 0.1) is 5.92 Å². The maximum Gasteiger partial charge on any atom is 0.0388 e. The number of rotatable bonds is 4. The maximum absolute atomic E-state index is 3.52. The van der Waals surface area contributed by atoms with Gasteiger partial charge < -0.3 is 5.32 Å². The molecule has 0 aromatic heterocycles. The summed E-state index contributed by atoms with van der Waals surface area (Å²) >= 11 is 3.52. The van der Waals surface area contributed by atoms with Crippen LogP contribution in [0.15, 0.2) is 28.7 Å². The Morgan fingerprint density at radius 1 is 1.33 bits per heavy atom. The normalized spacial score (nSPS) is 25.3. The molecule has 1 saturated heterocycles. The molecule has 1 aromatic rings. The van der Waals surface area contributed by atoms with Gasteiger partial charge in [-0.05, 0) is 63.1 Å². The van der Waals surface area contributed by atoms with Gasteiger partial charge in [-0.3, -0.25) is 4.90 Å². The van der Waals surface area contributed by atoms with Gasteiger partial charge in [-0.1, -0.05) is 35.0 Å². The predicted molar refractivity (Wildman–Crippen MR) is 80.8 cm³/mol. The zero-order valence-corrected chi connectivity index (χ0v) is 12.9. The van der Waals surface area contributed by atoms with E-state index in [1.807, 2.05) is 0 Å². The average Bonchev–Trinajstić information content (AvgIpc) is 2.40. The standard InChI is InChI=1S/C15H23BrN2/c1-3-18-10-4-5-13(11-17-2)15(18)12-6-8-14(16)9-7-12/h6-9,13,15,17H,3-5,10-11H2,1-2H3. The van der Waals surface area contributed by atoms with Gasteiger partial charge in [0.2, 0.25) is 0 Å². The third-order valence-corrected chi connectivity index (χ3v) is 4.47. The van der Waals surface area contributed by atoms with Crippen molar-refractivity contribution in [2.45, 2.75) is 25.8 Å². The highest BCUT2D eigenvalue weighted by Gasteiger charge is 2.31. The highest BCUT2D eigenvalue weighted by Crippen LogP contribution is 2.35. The molecule has 1 aliphatic heterocycles. The van der Waals surface area contributed by atoms with Crippen LogP contribution in [0.3, 0.4) is 0 Å². The van der Waals surface area contributed by atoms with E-state index in [4.69, 9.17) is 0 Å². The monoisotopic (exact) mass is 310 g/mol. The average molecular weight is 311 g/mol. The fraction of sp³-hybridized carbons (Fsp3) is 0.600. The molecule has 2 rings (SSSR count). The van der Waals surface area contributed by atoms with Crippen LogP contribution < -0.4 is 5.32 Å². The van der Waals surface area contributed by atoms with Gasteiger partial charge in [0.1, 0.15) is 0 Å². The van der Waals surface area contributed by atoms with Gasteiger partial charge in [0.05, 0.1) is 0 Å². The molecule has 0 saturated carbocycles. The van der Waals surface area contributed by atoms with Crippen LogP contribution in [0.4, 0.5) is 0 Å². The summed E-state index contributed by atoms with van der Waals surface area (Å²) in [5, 5.41) is 3.36. The lowest BCUT2D eigenvalue weighted by molar-refractivity contribution is 0.0982. The van der Waals surface area contributed by atoms with Crippen molar-refractivity contribution in [3.63, 3.8) is 0 Å². The van der Waals surface area contributed by atoms with Gasteiger partial charge in [0.25, 0.3) is 0 Å². The number of nitrogens with zero attached hydrogens (tertiary/aromatic N) is 1. The van der Waals surface area contributed by atoms with Crippen LogP contribution in [0.5, 0.6) is 0 Å². The van der Waals surface area contributed by atoms with Crippen LogP contribution in [-0.2, 0) is 0 Å². The lowest BCUT2D eigenvalue weighted by Gasteiger charge is -2.41. The number of hydrogen-bond acceptors (Lipinski definition) is 2. The second kappa shape index (κ2) is 6.69. The number of nitrogens with one attached hydrogen (secondary N) is 1. The molecule has 0 radical (unpaired) electrons. The van der Waals surface area contributed by atoms with Crippen molar-refractivity contribution in [1.82, 2.24) is 10.2 Å². The van der Waals surface area contributed by atoms with E-state index in [1.54, 1.807) is 0 Å². The zero-order chi connectivity index (χ0) is 13.0. The molecule has 1 aromatic carbocycles. The molecule has 100 valence electrons. The fourth-order valence-corrected chi connectivity index (χ4v) is 3.39. The van der Waals surface area contributed by atoms with E-state index in [1.165, 1.54) is 24.9 Å². The van der Waals surface area contributed by atoms with Gasteiger partial charge in [-0.2, -0.15) is 0 Å².